The molecule has 16 heavy (non-hydrogen) atoms. The van der Waals surface area contributed by atoms with Crippen molar-refractivity contribution in [1.29, 1.82) is 0 Å². The Kier molecular flexibility index (Phi) is 4.37. The van der Waals surface area contributed by atoms with Crippen molar-refractivity contribution >= 4 is 38.2 Å². The van der Waals surface area contributed by atoms with Crippen LogP contribution in [0.25, 0.3) is 0 Å². The molecule has 1 aromatic heterocycles. The van der Waals surface area contributed by atoms with E-state index in [4.69, 9.17) is 0 Å². The third-order valence-corrected chi connectivity index (χ3v) is 4.31. The van der Waals surface area contributed by atoms with Gasteiger partial charge in [-0.1, -0.05) is 0 Å². The summed E-state index contributed by atoms with van der Waals surface area (Å²) in [5.74, 6) is 0.625. The fourth-order valence-corrected chi connectivity index (χ4v) is 3.26. The quantitative estimate of drug-likeness (QED) is 0.901. The molecule has 3 nitrogen and oxygen atoms in total. The van der Waals surface area contributed by atoms with Gasteiger partial charge in [-0.3, -0.25) is 4.79 Å². The van der Waals surface area contributed by atoms with Gasteiger partial charge in [-0.2, -0.15) is 0 Å². The Labute approximate surface area is 108 Å². The van der Waals surface area contributed by atoms with Crippen molar-refractivity contribution in [1.82, 2.24) is 5.32 Å². The van der Waals surface area contributed by atoms with Gasteiger partial charge in [0.1, 0.15) is 0 Å². The Morgan fingerprint density at radius 1 is 1.69 bits per heavy atom. The maximum atomic E-state index is 11.7. The Bertz CT molecular complexity index is 361. The molecule has 1 aromatic rings. The first kappa shape index (κ1) is 12.1. The van der Waals surface area contributed by atoms with E-state index in [2.05, 4.69) is 26.6 Å². The third-order valence-electron chi connectivity index (χ3n) is 2.70. The molecule has 5 heteroatoms. The first-order chi connectivity index (χ1) is 7.74. The molecule has 0 radical (unpaired) electrons. The number of piperidine rings is 1. The largest absolute Gasteiger partial charge is 0.318 e. The summed E-state index contributed by atoms with van der Waals surface area (Å²) in [4.78, 5) is 11.7. The highest BCUT2D eigenvalue weighted by molar-refractivity contribution is 9.10. The SMILES string of the molecule is O=C(CC1CCCNC1)Nc1cc(Br)cs1. The normalized spacial score (nSPS) is 20.7. The van der Waals surface area contributed by atoms with Crippen LogP contribution < -0.4 is 10.6 Å². The Balaban J connectivity index is 1.79. The molecule has 1 unspecified atom stereocenters. The maximum absolute atomic E-state index is 11.7. The first-order valence-electron chi connectivity index (χ1n) is 5.48. The van der Waals surface area contributed by atoms with Crippen LogP contribution in [-0.2, 0) is 4.79 Å². The van der Waals surface area contributed by atoms with Gasteiger partial charge in [-0.15, -0.1) is 11.3 Å². The molecule has 1 saturated heterocycles. The van der Waals surface area contributed by atoms with Crippen LogP contribution in [-0.4, -0.2) is 19.0 Å². The van der Waals surface area contributed by atoms with E-state index in [1.54, 1.807) is 11.3 Å². The average Bonchev–Trinajstić information content (AvgIpc) is 2.65. The summed E-state index contributed by atoms with van der Waals surface area (Å²) >= 11 is 4.92. The van der Waals surface area contributed by atoms with Crippen molar-refractivity contribution < 1.29 is 4.79 Å². The second-order valence-corrected chi connectivity index (χ2v) is 5.92. The zero-order valence-electron chi connectivity index (χ0n) is 8.96. The number of carbonyl (C=O) groups excluding carboxylic acids is 1. The second kappa shape index (κ2) is 5.80. The van der Waals surface area contributed by atoms with Crippen LogP contribution in [0.2, 0.25) is 0 Å². The summed E-state index contributed by atoms with van der Waals surface area (Å²) in [5.41, 5.74) is 0. The van der Waals surface area contributed by atoms with Gasteiger partial charge in [-0.05, 0) is 53.8 Å². The van der Waals surface area contributed by atoms with Gasteiger partial charge >= 0.3 is 0 Å². The first-order valence-corrected chi connectivity index (χ1v) is 7.16. The van der Waals surface area contributed by atoms with E-state index >= 15 is 0 Å². The lowest BCUT2D eigenvalue weighted by atomic mass is 9.96. The standard InChI is InChI=1S/C11H15BrN2OS/c12-9-5-11(16-7-9)14-10(15)4-8-2-1-3-13-6-8/h5,7-8,13H,1-4,6H2,(H,14,15). The van der Waals surface area contributed by atoms with Crippen LogP contribution >= 0.6 is 27.3 Å². The lowest BCUT2D eigenvalue weighted by molar-refractivity contribution is -0.117. The molecule has 2 N–H and O–H groups in total. The number of halogens is 1. The number of anilines is 1. The molecular formula is C11H15BrN2OS. The van der Waals surface area contributed by atoms with E-state index in [0.717, 1.165) is 29.0 Å². The zero-order chi connectivity index (χ0) is 11.4. The summed E-state index contributed by atoms with van der Waals surface area (Å²) in [7, 11) is 0. The number of rotatable bonds is 3. The molecule has 2 heterocycles. The van der Waals surface area contributed by atoms with Crippen LogP contribution in [0, 0.1) is 5.92 Å². The van der Waals surface area contributed by atoms with E-state index < -0.39 is 0 Å². The van der Waals surface area contributed by atoms with E-state index in [9.17, 15) is 4.79 Å². The Morgan fingerprint density at radius 2 is 2.56 bits per heavy atom. The molecule has 88 valence electrons. The molecule has 1 aliphatic rings. The van der Waals surface area contributed by atoms with Crippen molar-refractivity contribution in [3.8, 4) is 0 Å². The minimum absolute atomic E-state index is 0.128. The van der Waals surface area contributed by atoms with E-state index in [1.807, 2.05) is 11.4 Å². The minimum Gasteiger partial charge on any atom is -0.318 e. The number of amides is 1. The fourth-order valence-electron chi connectivity index (χ4n) is 1.93. The maximum Gasteiger partial charge on any atom is 0.225 e. The molecule has 1 amide bonds. The van der Waals surface area contributed by atoms with Gasteiger partial charge in [0.2, 0.25) is 5.91 Å². The van der Waals surface area contributed by atoms with Crippen LogP contribution in [0.15, 0.2) is 15.9 Å². The molecule has 0 spiro atoms. The number of thiophene rings is 1. The van der Waals surface area contributed by atoms with Crippen LogP contribution in [0.4, 0.5) is 5.00 Å². The molecule has 0 bridgehead atoms. The zero-order valence-corrected chi connectivity index (χ0v) is 11.4. The van der Waals surface area contributed by atoms with Crippen LogP contribution in [0.1, 0.15) is 19.3 Å². The Morgan fingerprint density at radius 3 is 3.19 bits per heavy atom. The molecule has 1 aliphatic heterocycles. The van der Waals surface area contributed by atoms with Crippen molar-refractivity contribution in [3.63, 3.8) is 0 Å². The number of hydrogen-bond acceptors (Lipinski definition) is 3. The summed E-state index contributed by atoms with van der Waals surface area (Å²) in [6, 6.07) is 1.93. The predicted molar refractivity (Wildman–Crippen MR) is 70.9 cm³/mol. The van der Waals surface area contributed by atoms with E-state index in [0.29, 0.717) is 12.3 Å². The Hall–Kier alpha value is -0.390. The van der Waals surface area contributed by atoms with Crippen molar-refractivity contribution in [2.45, 2.75) is 19.3 Å². The molecule has 0 saturated carbocycles. The van der Waals surface area contributed by atoms with Gasteiger partial charge in [0.25, 0.3) is 0 Å². The van der Waals surface area contributed by atoms with Crippen molar-refractivity contribution in [2.24, 2.45) is 5.92 Å². The van der Waals surface area contributed by atoms with Crippen molar-refractivity contribution in [2.75, 3.05) is 18.4 Å². The van der Waals surface area contributed by atoms with E-state index in [-0.39, 0.29) is 5.91 Å². The summed E-state index contributed by atoms with van der Waals surface area (Å²) in [6.45, 7) is 2.07. The van der Waals surface area contributed by atoms with Gasteiger partial charge in [0, 0.05) is 16.3 Å². The van der Waals surface area contributed by atoms with Crippen LogP contribution in [0.3, 0.4) is 0 Å². The summed E-state index contributed by atoms with van der Waals surface area (Å²) in [5, 5.41) is 9.14. The third kappa shape index (κ3) is 3.57. The smallest absolute Gasteiger partial charge is 0.225 e. The second-order valence-electron chi connectivity index (χ2n) is 4.09. The lowest BCUT2D eigenvalue weighted by Gasteiger charge is -2.21. The van der Waals surface area contributed by atoms with Gasteiger partial charge < -0.3 is 10.6 Å². The highest BCUT2D eigenvalue weighted by Crippen LogP contribution is 2.25. The molecule has 0 aliphatic carbocycles. The van der Waals surface area contributed by atoms with Gasteiger partial charge in [-0.25, -0.2) is 0 Å². The van der Waals surface area contributed by atoms with Crippen LogP contribution in [0.5, 0.6) is 0 Å². The van der Waals surface area contributed by atoms with E-state index in [1.165, 1.54) is 6.42 Å². The average molecular weight is 303 g/mol. The summed E-state index contributed by atoms with van der Waals surface area (Å²) < 4.78 is 1.02. The fraction of sp³-hybridized carbons (Fsp3) is 0.545. The monoisotopic (exact) mass is 302 g/mol. The van der Waals surface area contributed by atoms with Crippen molar-refractivity contribution in [3.05, 3.63) is 15.9 Å². The summed E-state index contributed by atoms with van der Waals surface area (Å²) in [6.07, 6.45) is 2.97. The highest BCUT2D eigenvalue weighted by Gasteiger charge is 2.16. The predicted octanol–water partition coefficient (Wildman–Crippen LogP) is 2.84. The molecule has 0 aromatic carbocycles. The van der Waals surface area contributed by atoms with Gasteiger partial charge in [0.05, 0.1) is 5.00 Å². The number of hydrogen-bond donors (Lipinski definition) is 2. The molecular weight excluding hydrogens is 288 g/mol. The topological polar surface area (TPSA) is 41.1 Å². The van der Waals surface area contributed by atoms with Gasteiger partial charge in [0.15, 0.2) is 0 Å². The molecule has 2 rings (SSSR count). The highest BCUT2D eigenvalue weighted by atomic mass is 79.9. The lowest BCUT2D eigenvalue weighted by Crippen LogP contribution is -2.32. The number of nitrogens with one attached hydrogen (secondary N) is 2. The molecule has 1 fully saturated rings. The minimum atomic E-state index is 0.128. The number of carbonyl (C=O) groups is 1. The molecule has 1 atom stereocenters.